The number of rotatable bonds is 9. The number of carbonyl (C=O) groups excluding carboxylic acids is 1. The van der Waals surface area contributed by atoms with Crippen molar-refractivity contribution in [2.45, 2.75) is 11.8 Å². The van der Waals surface area contributed by atoms with Gasteiger partial charge in [0, 0.05) is 21.2 Å². The van der Waals surface area contributed by atoms with Gasteiger partial charge in [0.15, 0.2) is 11.7 Å². The molecule has 0 spiro atoms. The first kappa shape index (κ1) is 26.4. The Morgan fingerprint density at radius 1 is 0.976 bits per heavy atom. The van der Waals surface area contributed by atoms with Gasteiger partial charge in [-0.05, 0) is 59.5 Å². The lowest BCUT2D eigenvalue weighted by atomic mass is 10.1. The Morgan fingerprint density at radius 2 is 1.88 bits per heavy atom. The number of benzene rings is 3. The topological polar surface area (TPSA) is 112 Å². The number of carbonyl (C=O) groups is 1. The Bertz CT molecular complexity index is 2040. The summed E-state index contributed by atoms with van der Waals surface area (Å²) < 4.78 is 19.2. The number of fused-ring (bicyclic) bond motifs is 3. The molecular formula is C30H21N5O4S3. The molecule has 0 saturated heterocycles. The number of methoxy groups -OCH3 is 1. The Kier molecular flexibility index (Phi) is 7.16. The number of thiazole rings is 1. The summed E-state index contributed by atoms with van der Waals surface area (Å²) in [6, 6.07) is 24.1. The molecule has 12 heteroatoms. The van der Waals surface area contributed by atoms with Crippen molar-refractivity contribution in [3.63, 3.8) is 0 Å². The van der Waals surface area contributed by atoms with Gasteiger partial charge < -0.3 is 19.2 Å². The first-order valence-electron chi connectivity index (χ1n) is 12.8. The van der Waals surface area contributed by atoms with Crippen LogP contribution in [0.1, 0.15) is 5.89 Å². The molecule has 0 aliphatic carbocycles. The van der Waals surface area contributed by atoms with E-state index in [-0.39, 0.29) is 23.5 Å². The number of amides is 1. The normalized spacial score (nSPS) is 11.4. The van der Waals surface area contributed by atoms with Crippen LogP contribution in [0.2, 0.25) is 0 Å². The fourth-order valence-electron chi connectivity index (χ4n) is 4.39. The zero-order valence-electron chi connectivity index (χ0n) is 22.1. The number of nitrogens with one attached hydrogen (secondary N) is 1. The molecule has 4 heterocycles. The highest BCUT2D eigenvalue weighted by atomic mass is 32.2. The maximum atomic E-state index is 12.5. The van der Waals surface area contributed by atoms with Crippen LogP contribution in [-0.2, 0) is 11.4 Å². The quantitative estimate of drug-likeness (QED) is 0.167. The lowest BCUT2D eigenvalue weighted by molar-refractivity contribution is -0.113. The molecule has 7 aromatic rings. The maximum absolute atomic E-state index is 12.5. The van der Waals surface area contributed by atoms with E-state index in [1.807, 2.05) is 36.4 Å². The van der Waals surface area contributed by atoms with Gasteiger partial charge in [0.05, 0.1) is 28.6 Å². The Labute approximate surface area is 251 Å². The second-order valence-electron chi connectivity index (χ2n) is 9.13. The van der Waals surface area contributed by atoms with Crippen molar-refractivity contribution in [1.29, 1.82) is 0 Å². The predicted molar refractivity (Wildman–Crippen MR) is 167 cm³/mol. The molecule has 0 aliphatic rings. The van der Waals surface area contributed by atoms with Crippen molar-refractivity contribution < 1.29 is 18.7 Å². The van der Waals surface area contributed by atoms with E-state index in [1.165, 1.54) is 26.3 Å². The van der Waals surface area contributed by atoms with E-state index in [4.69, 9.17) is 13.9 Å². The lowest BCUT2D eigenvalue weighted by Gasteiger charge is -2.08. The maximum Gasteiger partial charge on any atom is 0.277 e. The van der Waals surface area contributed by atoms with E-state index < -0.39 is 0 Å². The van der Waals surface area contributed by atoms with E-state index in [0.29, 0.717) is 16.8 Å². The molecular weight excluding hydrogens is 591 g/mol. The summed E-state index contributed by atoms with van der Waals surface area (Å²) in [5.74, 6) is 1.59. The number of hydrogen-bond acceptors (Lipinski definition) is 11. The largest absolute Gasteiger partial charge is 0.497 e. The van der Waals surface area contributed by atoms with Crippen LogP contribution >= 0.6 is 34.4 Å². The summed E-state index contributed by atoms with van der Waals surface area (Å²) in [5.41, 5.74) is 2.72. The minimum atomic E-state index is -0.222. The van der Waals surface area contributed by atoms with E-state index in [2.05, 4.69) is 61.9 Å². The van der Waals surface area contributed by atoms with Gasteiger partial charge in [0.1, 0.15) is 11.5 Å². The standard InChI is InChI=1S/C30H21N5O4S3/c1-37-19-7-9-22-26(14-19)42-29(32-22)33-27(36)16-40-30-35-34-28(39-30)15-38-23-10-11-31-21-8-6-18(12-20(21)23)25-13-17-4-2-3-5-24(17)41-25/h2-14H,15-16H2,1H3,(H,32,33,36). The highest BCUT2D eigenvalue weighted by molar-refractivity contribution is 7.99. The number of thioether (sulfide) groups is 1. The third-order valence-electron chi connectivity index (χ3n) is 6.38. The van der Waals surface area contributed by atoms with Crippen LogP contribution in [0.5, 0.6) is 11.5 Å². The third kappa shape index (κ3) is 5.51. The molecule has 0 aliphatic heterocycles. The number of pyridine rings is 1. The number of nitrogens with zero attached hydrogens (tertiary/aromatic N) is 4. The summed E-state index contributed by atoms with van der Waals surface area (Å²) in [6.07, 6.45) is 1.71. The van der Waals surface area contributed by atoms with E-state index in [1.54, 1.807) is 24.6 Å². The SMILES string of the molecule is COc1ccc2nc(NC(=O)CSc3nnc(COc4ccnc5ccc(-c6cc7ccccc7s6)cc45)o3)sc2c1. The molecule has 0 fully saturated rings. The first-order valence-corrected chi connectivity index (χ1v) is 15.4. The molecule has 0 saturated carbocycles. The molecule has 4 aromatic heterocycles. The summed E-state index contributed by atoms with van der Waals surface area (Å²) >= 11 is 4.28. The highest BCUT2D eigenvalue weighted by Crippen LogP contribution is 2.36. The minimum absolute atomic E-state index is 0.0845. The van der Waals surface area contributed by atoms with Gasteiger partial charge in [-0.1, -0.05) is 47.4 Å². The van der Waals surface area contributed by atoms with Crippen molar-refractivity contribution in [3.05, 3.63) is 84.9 Å². The summed E-state index contributed by atoms with van der Waals surface area (Å²) in [6.45, 7) is 0.0845. The third-order valence-corrected chi connectivity index (χ3v) is 9.30. The molecule has 0 radical (unpaired) electrons. The predicted octanol–water partition coefficient (Wildman–Crippen LogP) is 7.43. The second kappa shape index (κ2) is 11.4. The minimum Gasteiger partial charge on any atom is -0.497 e. The van der Waals surface area contributed by atoms with Crippen molar-refractivity contribution >= 4 is 76.7 Å². The molecule has 42 heavy (non-hydrogen) atoms. The Balaban J connectivity index is 0.988. The first-order chi connectivity index (χ1) is 20.6. The molecule has 1 N–H and O–H groups in total. The summed E-state index contributed by atoms with van der Waals surface area (Å²) in [7, 11) is 1.61. The number of ether oxygens (including phenoxy) is 2. The monoisotopic (exact) mass is 611 g/mol. The molecule has 3 aromatic carbocycles. The average Bonchev–Trinajstić information content (AvgIpc) is 3.76. The summed E-state index contributed by atoms with van der Waals surface area (Å²) in [4.78, 5) is 22.6. The van der Waals surface area contributed by atoms with Crippen LogP contribution < -0.4 is 14.8 Å². The van der Waals surface area contributed by atoms with Crippen LogP contribution in [0.3, 0.4) is 0 Å². The van der Waals surface area contributed by atoms with Gasteiger partial charge >= 0.3 is 0 Å². The van der Waals surface area contributed by atoms with E-state index in [9.17, 15) is 4.79 Å². The lowest BCUT2D eigenvalue weighted by Crippen LogP contribution is -2.13. The van der Waals surface area contributed by atoms with Gasteiger partial charge in [-0.25, -0.2) is 4.98 Å². The number of thiophene rings is 1. The smallest absolute Gasteiger partial charge is 0.277 e. The Hall–Kier alpha value is -4.52. The van der Waals surface area contributed by atoms with Gasteiger partial charge in [-0.3, -0.25) is 9.78 Å². The van der Waals surface area contributed by atoms with E-state index >= 15 is 0 Å². The molecule has 0 atom stereocenters. The fraction of sp³-hybridized carbons (Fsp3) is 0.100. The van der Waals surface area contributed by atoms with Crippen LogP contribution in [-0.4, -0.2) is 38.9 Å². The Morgan fingerprint density at radius 3 is 2.79 bits per heavy atom. The fourth-order valence-corrected chi connectivity index (χ4v) is 6.94. The molecule has 208 valence electrons. The highest BCUT2D eigenvalue weighted by Gasteiger charge is 2.14. The molecule has 1 amide bonds. The van der Waals surface area contributed by atoms with Gasteiger partial charge in [0.25, 0.3) is 11.1 Å². The summed E-state index contributed by atoms with van der Waals surface area (Å²) in [5, 5.41) is 13.9. The van der Waals surface area contributed by atoms with Crippen molar-refractivity contribution in [2.24, 2.45) is 0 Å². The van der Waals surface area contributed by atoms with E-state index in [0.717, 1.165) is 44.2 Å². The molecule has 0 bridgehead atoms. The van der Waals surface area contributed by atoms with Crippen molar-refractivity contribution in [3.8, 4) is 21.9 Å². The number of aromatic nitrogens is 4. The van der Waals surface area contributed by atoms with Gasteiger partial charge in [-0.2, -0.15) is 0 Å². The zero-order chi connectivity index (χ0) is 28.5. The van der Waals surface area contributed by atoms with Crippen LogP contribution in [0.4, 0.5) is 5.13 Å². The molecule has 9 nitrogen and oxygen atoms in total. The van der Waals surface area contributed by atoms with Gasteiger partial charge in [-0.15, -0.1) is 21.5 Å². The van der Waals surface area contributed by atoms with Crippen LogP contribution in [0, 0.1) is 0 Å². The number of hydrogen-bond donors (Lipinski definition) is 1. The molecule has 0 unspecified atom stereocenters. The molecule has 7 rings (SSSR count). The zero-order valence-corrected chi connectivity index (χ0v) is 24.5. The van der Waals surface area contributed by atoms with Crippen molar-refractivity contribution in [1.82, 2.24) is 20.2 Å². The van der Waals surface area contributed by atoms with Gasteiger partial charge in [0.2, 0.25) is 5.91 Å². The average molecular weight is 612 g/mol. The van der Waals surface area contributed by atoms with Crippen LogP contribution in [0.25, 0.3) is 41.6 Å². The van der Waals surface area contributed by atoms with Crippen molar-refractivity contribution in [2.75, 3.05) is 18.2 Å². The number of anilines is 1. The second-order valence-corrected chi connectivity index (χ2v) is 12.2. The van der Waals surface area contributed by atoms with Crippen LogP contribution in [0.15, 0.2) is 88.6 Å².